The minimum atomic E-state index is -4.95. The first-order chi connectivity index (χ1) is 13.8. The van der Waals surface area contributed by atoms with Crippen molar-refractivity contribution in [3.63, 3.8) is 0 Å². The van der Waals surface area contributed by atoms with Crippen molar-refractivity contribution in [2.75, 3.05) is 13.2 Å². The van der Waals surface area contributed by atoms with Gasteiger partial charge in [0, 0.05) is 0 Å². The first-order valence-electron chi connectivity index (χ1n) is 11.5. The summed E-state index contributed by atoms with van der Waals surface area (Å²) >= 11 is 0. The molecule has 7 nitrogen and oxygen atoms in total. The largest absolute Gasteiger partial charge is 2.00 e. The molecule has 0 bridgehead atoms. The second-order valence-corrected chi connectivity index (χ2v) is 10.7. The second kappa shape index (κ2) is 21.9. The third-order valence-electron chi connectivity index (χ3n) is 4.70. The van der Waals surface area contributed by atoms with Crippen LogP contribution in [0, 0.1) is 0 Å². The average Bonchev–Trinajstić information content (AvgIpc) is 2.64. The Morgan fingerprint density at radius 3 is 1.20 bits per heavy atom. The maximum atomic E-state index is 12.5. The quantitative estimate of drug-likeness (QED) is 0.0939. The van der Waals surface area contributed by atoms with Crippen molar-refractivity contribution in [3.05, 3.63) is 0 Å². The van der Waals surface area contributed by atoms with E-state index in [1.54, 1.807) is 0 Å². The number of hydrogen-bond donors (Lipinski definition) is 2. The molecule has 0 aliphatic rings. The Kier molecular flexibility index (Phi) is 24.2. The summed E-state index contributed by atoms with van der Waals surface area (Å²) in [6.07, 6.45) is 17.5. The van der Waals surface area contributed by atoms with E-state index in [0.29, 0.717) is 12.8 Å². The molecule has 0 amide bonds. The molecule has 0 aromatic heterocycles. The molecule has 0 aliphatic heterocycles. The van der Waals surface area contributed by atoms with Crippen LogP contribution in [0.5, 0.6) is 0 Å². The predicted molar refractivity (Wildman–Crippen MR) is 126 cm³/mol. The van der Waals surface area contributed by atoms with Crippen LogP contribution in [0.15, 0.2) is 0 Å². The summed E-state index contributed by atoms with van der Waals surface area (Å²) < 4.78 is 38.2. The standard InChI is InChI=1S/C20H44O7P2.Mg.2H/c1-3-5-7-9-11-13-15-17-19-25-29(24,27-28(21,22)23)26-20-18-16-14-12-10-8-6-4-2;;;/h3-20H2,1-2H3,(H2,21,22,23);;;/q;+2;2*-1. The Labute approximate surface area is 203 Å². The summed E-state index contributed by atoms with van der Waals surface area (Å²) in [5.74, 6) is 0. The van der Waals surface area contributed by atoms with Gasteiger partial charge in [-0.1, -0.05) is 104 Å². The van der Waals surface area contributed by atoms with Crippen molar-refractivity contribution in [2.24, 2.45) is 0 Å². The van der Waals surface area contributed by atoms with Crippen molar-refractivity contribution in [2.45, 2.75) is 117 Å². The fourth-order valence-corrected chi connectivity index (χ4v) is 5.24. The van der Waals surface area contributed by atoms with Crippen LogP contribution in [0.3, 0.4) is 0 Å². The number of hydrogen-bond acceptors (Lipinski definition) is 5. The maximum Gasteiger partial charge on any atom is 2.00 e. The molecular weight excluding hydrogens is 438 g/mol. The normalized spacial score (nSPS) is 12.1. The summed E-state index contributed by atoms with van der Waals surface area (Å²) in [7, 11) is -9.20. The molecular formula is C20H46MgO7P2. The molecule has 0 atom stereocenters. The first kappa shape index (κ1) is 33.2. The first-order valence-corrected chi connectivity index (χ1v) is 14.5. The third kappa shape index (κ3) is 23.7. The van der Waals surface area contributed by atoms with Gasteiger partial charge in [-0.3, -0.25) is 9.05 Å². The van der Waals surface area contributed by atoms with Crippen molar-refractivity contribution >= 4 is 38.7 Å². The number of phosphoric ester groups is 1. The van der Waals surface area contributed by atoms with E-state index >= 15 is 0 Å². The van der Waals surface area contributed by atoms with E-state index in [9.17, 15) is 9.13 Å². The van der Waals surface area contributed by atoms with Crippen molar-refractivity contribution in [3.8, 4) is 0 Å². The Morgan fingerprint density at radius 1 is 0.600 bits per heavy atom. The Hall–Kier alpha value is 1.03. The van der Waals surface area contributed by atoms with Gasteiger partial charge in [-0.2, -0.15) is 4.31 Å². The molecule has 0 aromatic carbocycles. The van der Waals surface area contributed by atoms with Crippen LogP contribution in [0.25, 0.3) is 0 Å². The van der Waals surface area contributed by atoms with Gasteiger partial charge in [-0.25, -0.2) is 9.13 Å². The van der Waals surface area contributed by atoms with E-state index in [1.165, 1.54) is 51.4 Å². The van der Waals surface area contributed by atoms with Crippen molar-refractivity contribution < 1.29 is 35.1 Å². The van der Waals surface area contributed by atoms with E-state index in [0.717, 1.165) is 38.5 Å². The van der Waals surface area contributed by atoms with Crippen molar-refractivity contribution in [1.29, 1.82) is 0 Å². The van der Waals surface area contributed by atoms with Gasteiger partial charge in [0.1, 0.15) is 0 Å². The molecule has 0 heterocycles. The van der Waals surface area contributed by atoms with Crippen molar-refractivity contribution in [1.82, 2.24) is 0 Å². The summed E-state index contributed by atoms with van der Waals surface area (Å²) in [6.45, 7) is 4.57. The summed E-state index contributed by atoms with van der Waals surface area (Å²) in [6, 6.07) is 0. The molecule has 10 heteroatoms. The topological polar surface area (TPSA) is 102 Å². The maximum absolute atomic E-state index is 12.5. The molecule has 0 saturated heterocycles. The van der Waals surface area contributed by atoms with Gasteiger partial charge >= 0.3 is 38.7 Å². The summed E-state index contributed by atoms with van der Waals surface area (Å²) in [4.78, 5) is 18.0. The van der Waals surface area contributed by atoms with Crippen LogP contribution >= 0.6 is 15.6 Å². The van der Waals surface area contributed by atoms with Crippen LogP contribution in [0.4, 0.5) is 0 Å². The minimum absolute atomic E-state index is 0. The van der Waals surface area contributed by atoms with Crippen LogP contribution in [0.1, 0.15) is 119 Å². The minimum Gasteiger partial charge on any atom is -1.00 e. The monoisotopic (exact) mass is 484 g/mol. The van der Waals surface area contributed by atoms with Gasteiger partial charge in [-0.15, -0.1) is 0 Å². The molecule has 0 radical (unpaired) electrons. The van der Waals surface area contributed by atoms with Crippen LogP contribution in [-0.2, 0) is 22.5 Å². The molecule has 0 fully saturated rings. The van der Waals surface area contributed by atoms with Crippen LogP contribution in [0.2, 0.25) is 0 Å². The van der Waals surface area contributed by atoms with Gasteiger partial charge in [0.15, 0.2) is 0 Å². The molecule has 2 N–H and O–H groups in total. The number of phosphoric acid groups is 2. The van der Waals surface area contributed by atoms with E-state index in [1.807, 2.05) is 0 Å². The summed E-state index contributed by atoms with van der Waals surface area (Å²) in [5.41, 5.74) is 0. The van der Waals surface area contributed by atoms with Gasteiger partial charge in [-0.05, 0) is 12.8 Å². The molecule has 0 aromatic rings. The molecule has 180 valence electrons. The molecule has 0 saturated carbocycles. The van der Waals surface area contributed by atoms with Gasteiger partial charge in [0.25, 0.3) is 0 Å². The zero-order valence-electron chi connectivity index (χ0n) is 21.3. The average molecular weight is 485 g/mol. The molecule has 0 unspecified atom stereocenters. The fourth-order valence-electron chi connectivity index (χ4n) is 3.04. The molecule has 30 heavy (non-hydrogen) atoms. The third-order valence-corrected chi connectivity index (χ3v) is 7.35. The Morgan fingerprint density at radius 2 is 0.900 bits per heavy atom. The predicted octanol–water partition coefficient (Wildman–Crippen LogP) is 7.36. The number of rotatable bonds is 22. The zero-order valence-corrected chi connectivity index (χ0v) is 22.5. The molecule has 0 aliphatic carbocycles. The summed E-state index contributed by atoms with van der Waals surface area (Å²) in [5, 5.41) is 0. The SMILES string of the molecule is CCCCCCCCCCOP(=O)(OCCCCCCCCCC)OP(=O)(O)O.[H-].[H-].[Mg+2]. The fraction of sp³-hybridized carbons (Fsp3) is 1.00. The van der Waals surface area contributed by atoms with E-state index in [-0.39, 0.29) is 39.1 Å². The van der Waals surface area contributed by atoms with E-state index in [2.05, 4.69) is 18.2 Å². The van der Waals surface area contributed by atoms with E-state index < -0.39 is 15.6 Å². The van der Waals surface area contributed by atoms with E-state index in [4.69, 9.17) is 18.8 Å². The Bertz CT molecular complexity index is 445. The second-order valence-electron chi connectivity index (χ2n) is 7.64. The van der Waals surface area contributed by atoms with Gasteiger partial charge < -0.3 is 12.6 Å². The van der Waals surface area contributed by atoms with Crippen LogP contribution < -0.4 is 0 Å². The van der Waals surface area contributed by atoms with Gasteiger partial charge in [0.2, 0.25) is 0 Å². The number of unbranched alkanes of at least 4 members (excludes halogenated alkanes) is 14. The molecule has 0 spiro atoms. The smallest absolute Gasteiger partial charge is 1.00 e. The van der Waals surface area contributed by atoms with Gasteiger partial charge in [0.05, 0.1) is 13.2 Å². The molecule has 0 rings (SSSR count). The zero-order chi connectivity index (χ0) is 21.8. The Balaban J connectivity index is -0.00000131. The van der Waals surface area contributed by atoms with Crippen LogP contribution in [-0.4, -0.2) is 46.1 Å².